The third kappa shape index (κ3) is 2.21. The van der Waals surface area contributed by atoms with Crippen LogP contribution >= 0.6 is 11.6 Å². The quantitative estimate of drug-likeness (QED) is 0.872. The standard InChI is InChI=1S/C14H15ClN2O2/c15-10-6-12(18)13-16-7-11(14(19)17(13)8-10)9-4-2-1-3-5-9/h6-9,18H,1-5H2. The van der Waals surface area contributed by atoms with Crippen LogP contribution in [-0.2, 0) is 0 Å². The molecule has 2 aromatic heterocycles. The zero-order chi connectivity index (χ0) is 13.4. The predicted molar refractivity (Wildman–Crippen MR) is 74.0 cm³/mol. The van der Waals surface area contributed by atoms with E-state index >= 15 is 0 Å². The highest BCUT2D eigenvalue weighted by Crippen LogP contribution is 2.31. The molecule has 0 unspecified atom stereocenters. The Balaban J connectivity index is 2.17. The third-order valence-electron chi connectivity index (χ3n) is 3.82. The van der Waals surface area contributed by atoms with Crippen molar-refractivity contribution in [3.8, 4) is 5.75 Å². The number of aromatic hydroxyl groups is 1. The zero-order valence-electron chi connectivity index (χ0n) is 10.5. The van der Waals surface area contributed by atoms with Gasteiger partial charge in [0, 0.05) is 24.0 Å². The number of fused-ring (bicyclic) bond motifs is 1. The number of hydrogen-bond donors (Lipinski definition) is 1. The lowest BCUT2D eigenvalue weighted by Gasteiger charge is -2.21. The minimum Gasteiger partial charge on any atom is -0.504 e. The van der Waals surface area contributed by atoms with E-state index in [1.165, 1.54) is 23.1 Å². The van der Waals surface area contributed by atoms with E-state index < -0.39 is 0 Å². The zero-order valence-corrected chi connectivity index (χ0v) is 11.2. The van der Waals surface area contributed by atoms with Crippen LogP contribution in [0.3, 0.4) is 0 Å². The first-order chi connectivity index (χ1) is 9.16. The maximum absolute atomic E-state index is 12.5. The van der Waals surface area contributed by atoms with Crippen LogP contribution in [0.25, 0.3) is 5.65 Å². The Kier molecular flexibility index (Phi) is 3.19. The Morgan fingerprint density at radius 1 is 1.32 bits per heavy atom. The molecule has 1 fully saturated rings. The van der Waals surface area contributed by atoms with Gasteiger partial charge in [-0.2, -0.15) is 0 Å². The maximum atomic E-state index is 12.5. The average molecular weight is 279 g/mol. The van der Waals surface area contributed by atoms with Gasteiger partial charge in [-0.1, -0.05) is 30.9 Å². The first-order valence-electron chi connectivity index (χ1n) is 6.56. The Labute approximate surface area is 115 Å². The van der Waals surface area contributed by atoms with Gasteiger partial charge in [0.15, 0.2) is 11.4 Å². The second-order valence-corrected chi connectivity index (χ2v) is 5.53. The Morgan fingerprint density at radius 3 is 2.79 bits per heavy atom. The smallest absolute Gasteiger partial charge is 0.261 e. The van der Waals surface area contributed by atoms with Crippen molar-refractivity contribution in [1.82, 2.24) is 9.38 Å². The van der Waals surface area contributed by atoms with E-state index in [1.807, 2.05) is 0 Å². The molecule has 1 aliphatic carbocycles. The van der Waals surface area contributed by atoms with Crippen molar-refractivity contribution in [2.45, 2.75) is 38.0 Å². The fourth-order valence-electron chi connectivity index (χ4n) is 2.84. The molecule has 19 heavy (non-hydrogen) atoms. The molecule has 0 aromatic carbocycles. The average Bonchev–Trinajstić information content (AvgIpc) is 2.41. The summed E-state index contributed by atoms with van der Waals surface area (Å²) in [5.74, 6) is 0.214. The normalized spacial score (nSPS) is 16.9. The number of nitrogens with zero attached hydrogens (tertiary/aromatic N) is 2. The lowest BCUT2D eigenvalue weighted by molar-refractivity contribution is 0.439. The molecular weight excluding hydrogens is 264 g/mol. The van der Waals surface area contributed by atoms with Crippen molar-refractivity contribution < 1.29 is 5.11 Å². The van der Waals surface area contributed by atoms with Gasteiger partial charge in [-0.15, -0.1) is 0 Å². The molecule has 0 spiro atoms. The number of rotatable bonds is 1. The van der Waals surface area contributed by atoms with E-state index in [9.17, 15) is 9.90 Å². The molecule has 1 aliphatic rings. The van der Waals surface area contributed by atoms with Crippen LogP contribution in [0.1, 0.15) is 43.6 Å². The van der Waals surface area contributed by atoms with Crippen LogP contribution < -0.4 is 5.56 Å². The van der Waals surface area contributed by atoms with Crippen LogP contribution in [0, 0.1) is 0 Å². The van der Waals surface area contributed by atoms with Gasteiger partial charge in [-0.25, -0.2) is 4.98 Å². The van der Waals surface area contributed by atoms with Gasteiger partial charge < -0.3 is 5.11 Å². The summed E-state index contributed by atoms with van der Waals surface area (Å²) in [4.78, 5) is 16.7. The number of halogens is 1. The molecule has 0 atom stereocenters. The summed E-state index contributed by atoms with van der Waals surface area (Å²) in [7, 11) is 0. The van der Waals surface area contributed by atoms with Crippen molar-refractivity contribution in [3.63, 3.8) is 0 Å². The first kappa shape index (κ1) is 12.5. The predicted octanol–water partition coefficient (Wildman–Crippen LogP) is 3.10. The Bertz CT molecular complexity index is 675. The highest BCUT2D eigenvalue weighted by Gasteiger charge is 2.20. The Morgan fingerprint density at radius 2 is 2.05 bits per heavy atom. The van der Waals surface area contributed by atoms with Crippen LogP contribution in [0.15, 0.2) is 23.3 Å². The summed E-state index contributed by atoms with van der Waals surface area (Å²) >= 11 is 5.89. The Hall–Kier alpha value is -1.55. The van der Waals surface area contributed by atoms with Gasteiger partial charge in [0.05, 0.1) is 5.02 Å². The van der Waals surface area contributed by atoms with Crippen LogP contribution in [0.4, 0.5) is 0 Å². The molecule has 0 amide bonds. The molecule has 3 rings (SSSR count). The molecule has 0 bridgehead atoms. The summed E-state index contributed by atoms with van der Waals surface area (Å²) in [6, 6.07) is 1.39. The summed E-state index contributed by atoms with van der Waals surface area (Å²) in [5, 5.41) is 10.1. The lowest BCUT2D eigenvalue weighted by atomic mass is 9.85. The molecule has 0 saturated heterocycles. The largest absolute Gasteiger partial charge is 0.504 e. The minimum atomic E-state index is -0.116. The van der Waals surface area contributed by atoms with Crippen LogP contribution in [-0.4, -0.2) is 14.5 Å². The van der Waals surface area contributed by atoms with Gasteiger partial charge in [0.2, 0.25) is 0 Å². The number of hydrogen-bond acceptors (Lipinski definition) is 3. The van der Waals surface area contributed by atoms with E-state index in [0.29, 0.717) is 5.02 Å². The second kappa shape index (κ2) is 4.85. The molecule has 100 valence electrons. The third-order valence-corrected chi connectivity index (χ3v) is 4.03. The highest BCUT2D eigenvalue weighted by atomic mass is 35.5. The van der Waals surface area contributed by atoms with Gasteiger partial charge in [0.25, 0.3) is 5.56 Å². The van der Waals surface area contributed by atoms with E-state index in [1.54, 1.807) is 6.20 Å². The minimum absolute atomic E-state index is 0.0696. The molecule has 5 heteroatoms. The lowest BCUT2D eigenvalue weighted by Crippen LogP contribution is -2.23. The molecule has 2 heterocycles. The van der Waals surface area contributed by atoms with Crippen molar-refractivity contribution in [2.75, 3.05) is 0 Å². The molecule has 1 saturated carbocycles. The summed E-state index contributed by atoms with van der Waals surface area (Å²) in [6.07, 6.45) is 8.76. The number of pyridine rings is 1. The number of aromatic nitrogens is 2. The maximum Gasteiger partial charge on any atom is 0.261 e. The molecule has 4 nitrogen and oxygen atoms in total. The van der Waals surface area contributed by atoms with Crippen LogP contribution in [0.2, 0.25) is 5.02 Å². The summed E-state index contributed by atoms with van der Waals surface area (Å²) in [6.45, 7) is 0. The van der Waals surface area contributed by atoms with E-state index in [2.05, 4.69) is 4.98 Å². The second-order valence-electron chi connectivity index (χ2n) is 5.09. The first-order valence-corrected chi connectivity index (χ1v) is 6.94. The SMILES string of the molecule is O=c1c(C2CCCCC2)cnc2c(O)cc(Cl)cn12. The van der Waals surface area contributed by atoms with Gasteiger partial charge in [0.1, 0.15) is 0 Å². The molecule has 1 N–H and O–H groups in total. The van der Waals surface area contributed by atoms with E-state index in [0.717, 1.165) is 31.2 Å². The highest BCUT2D eigenvalue weighted by molar-refractivity contribution is 6.30. The van der Waals surface area contributed by atoms with Gasteiger partial charge in [-0.3, -0.25) is 9.20 Å². The summed E-state index contributed by atoms with van der Waals surface area (Å²) < 4.78 is 1.35. The molecule has 2 aromatic rings. The van der Waals surface area contributed by atoms with Gasteiger partial charge >= 0.3 is 0 Å². The fourth-order valence-corrected chi connectivity index (χ4v) is 3.04. The van der Waals surface area contributed by atoms with E-state index in [4.69, 9.17) is 11.6 Å². The van der Waals surface area contributed by atoms with E-state index in [-0.39, 0.29) is 22.9 Å². The van der Waals surface area contributed by atoms with Crippen molar-refractivity contribution in [2.24, 2.45) is 0 Å². The van der Waals surface area contributed by atoms with Crippen molar-refractivity contribution in [1.29, 1.82) is 0 Å². The van der Waals surface area contributed by atoms with Gasteiger partial charge in [-0.05, 0) is 18.8 Å². The summed E-state index contributed by atoms with van der Waals surface area (Å²) in [5.41, 5.74) is 0.877. The van der Waals surface area contributed by atoms with Crippen molar-refractivity contribution in [3.05, 3.63) is 39.4 Å². The van der Waals surface area contributed by atoms with Crippen molar-refractivity contribution >= 4 is 17.2 Å². The topological polar surface area (TPSA) is 54.6 Å². The fraction of sp³-hybridized carbons (Fsp3) is 0.429. The molecular formula is C14H15ClN2O2. The van der Waals surface area contributed by atoms with Crippen LogP contribution in [0.5, 0.6) is 5.75 Å². The molecule has 0 aliphatic heterocycles. The monoisotopic (exact) mass is 278 g/mol. The molecule has 0 radical (unpaired) electrons.